The van der Waals surface area contributed by atoms with Crippen LogP contribution in [0.15, 0.2) is 24.3 Å². The lowest BCUT2D eigenvalue weighted by molar-refractivity contribution is 0.391. The Kier molecular flexibility index (Phi) is 5.32. The monoisotopic (exact) mass is 251 g/mol. The number of aromatic nitrogens is 2. The Labute approximate surface area is 107 Å². The number of halogens is 1. The molecular formula is C13H18ClN3. The zero-order chi connectivity index (χ0) is 12.8. The third-order valence-electron chi connectivity index (χ3n) is 2.06. The van der Waals surface area contributed by atoms with Crippen LogP contribution in [-0.4, -0.2) is 29.0 Å². The minimum atomic E-state index is 0.525. The highest BCUT2D eigenvalue weighted by Crippen LogP contribution is 2.19. The summed E-state index contributed by atoms with van der Waals surface area (Å²) in [7, 11) is 3.96. The first-order valence-corrected chi connectivity index (χ1v) is 6.10. The van der Waals surface area contributed by atoms with E-state index in [1.54, 1.807) is 0 Å². The fourth-order valence-corrected chi connectivity index (χ4v) is 1.69. The molecule has 2 aromatic rings. The molecule has 0 saturated heterocycles. The van der Waals surface area contributed by atoms with E-state index in [0.717, 1.165) is 16.7 Å². The van der Waals surface area contributed by atoms with Crippen LogP contribution in [0.4, 0.5) is 0 Å². The molecule has 1 heterocycles. The number of rotatable bonds is 2. The van der Waals surface area contributed by atoms with E-state index in [1.165, 1.54) is 0 Å². The first-order chi connectivity index (χ1) is 8.16. The van der Waals surface area contributed by atoms with Gasteiger partial charge in [-0.1, -0.05) is 37.6 Å². The summed E-state index contributed by atoms with van der Waals surface area (Å²) in [6.45, 7) is 4.70. The largest absolute Gasteiger partial charge is 0.302 e. The van der Waals surface area contributed by atoms with Gasteiger partial charge in [0.1, 0.15) is 11.0 Å². The smallest absolute Gasteiger partial charge is 0.144 e. The molecule has 17 heavy (non-hydrogen) atoms. The van der Waals surface area contributed by atoms with Gasteiger partial charge < -0.3 is 4.90 Å². The van der Waals surface area contributed by atoms with Gasteiger partial charge in [-0.05, 0) is 26.2 Å². The molecular weight excluding hydrogens is 234 g/mol. The molecule has 92 valence electrons. The molecule has 0 spiro atoms. The minimum Gasteiger partial charge on any atom is -0.302 e. The third kappa shape index (κ3) is 3.65. The molecule has 0 bridgehead atoms. The Morgan fingerprint density at radius 1 is 1.12 bits per heavy atom. The van der Waals surface area contributed by atoms with E-state index in [0.29, 0.717) is 11.7 Å². The van der Waals surface area contributed by atoms with Gasteiger partial charge in [0, 0.05) is 5.39 Å². The van der Waals surface area contributed by atoms with Crippen LogP contribution >= 0.6 is 11.6 Å². The van der Waals surface area contributed by atoms with Gasteiger partial charge in [0.05, 0.1) is 12.1 Å². The molecule has 1 aromatic carbocycles. The molecule has 0 saturated carbocycles. The normalized spacial score (nSPS) is 10.2. The number of nitrogens with zero attached hydrogens (tertiary/aromatic N) is 3. The van der Waals surface area contributed by atoms with Gasteiger partial charge in [-0.25, -0.2) is 9.97 Å². The first-order valence-electron chi connectivity index (χ1n) is 5.72. The summed E-state index contributed by atoms with van der Waals surface area (Å²) in [5, 5.41) is 1.43. The van der Waals surface area contributed by atoms with Gasteiger partial charge in [0.2, 0.25) is 0 Å². The average Bonchev–Trinajstić information content (AvgIpc) is 2.31. The lowest BCUT2D eigenvalue weighted by Crippen LogP contribution is -2.13. The number of hydrogen-bond acceptors (Lipinski definition) is 3. The van der Waals surface area contributed by atoms with Gasteiger partial charge in [-0.2, -0.15) is 0 Å². The Bertz CT molecular complexity index is 483. The molecule has 0 aliphatic heterocycles. The van der Waals surface area contributed by atoms with Crippen molar-refractivity contribution in [1.29, 1.82) is 0 Å². The molecule has 0 amide bonds. The van der Waals surface area contributed by atoms with E-state index in [9.17, 15) is 0 Å². The molecule has 0 atom stereocenters. The maximum atomic E-state index is 6.08. The van der Waals surface area contributed by atoms with E-state index in [-0.39, 0.29) is 0 Å². The number of benzene rings is 1. The summed E-state index contributed by atoms with van der Waals surface area (Å²) >= 11 is 6.08. The van der Waals surface area contributed by atoms with Gasteiger partial charge >= 0.3 is 0 Å². The molecule has 0 N–H and O–H groups in total. The second kappa shape index (κ2) is 6.52. The molecule has 0 aliphatic rings. The number of fused-ring (bicyclic) bond motifs is 1. The summed E-state index contributed by atoms with van der Waals surface area (Å²) in [5.74, 6) is 0.753. The van der Waals surface area contributed by atoms with Crippen molar-refractivity contribution in [3.05, 3.63) is 35.2 Å². The van der Waals surface area contributed by atoms with Gasteiger partial charge in [0.15, 0.2) is 0 Å². The molecule has 4 heteroatoms. The topological polar surface area (TPSA) is 29.0 Å². The van der Waals surface area contributed by atoms with Crippen molar-refractivity contribution in [2.45, 2.75) is 20.4 Å². The standard InChI is InChI=1S/C11H12ClN3.C2H6/c1-15(2)7-10-13-9-6-4-3-5-8(9)11(12)14-10;1-2/h3-6H,7H2,1-2H3;1-2H3. The molecule has 0 radical (unpaired) electrons. The van der Waals surface area contributed by atoms with Crippen molar-refractivity contribution in [2.75, 3.05) is 14.1 Å². The van der Waals surface area contributed by atoms with Crippen molar-refractivity contribution in [2.24, 2.45) is 0 Å². The van der Waals surface area contributed by atoms with Gasteiger partial charge in [-0.3, -0.25) is 0 Å². The molecule has 2 rings (SSSR count). The second-order valence-corrected chi connectivity index (χ2v) is 4.04. The summed E-state index contributed by atoms with van der Waals surface area (Å²) in [4.78, 5) is 10.7. The van der Waals surface area contributed by atoms with Crippen molar-refractivity contribution < 1.29 is 0 Å². The van der Waals surface area contributed by atoms with E-state index < -0.39 is 0 Å². The Morgan fingerprint density at radius 3 is 2.41 bits per heavy atom. The maximum absolute atomic E-state index is 6.08. The third-order valence-corrected chi connectivity index (χ3v) is 2.35. The van der Waals surface area contributed by atoms with Crippen molar-refractivity contribution in [1.82, 2.24) is 14.9 Å². The fraction of sp³-hybridized carbons (Fsp3) is 0.385. The Morgan fingerprint density at radius 2 is 1.76 bits per heavy atom. The number of para-hydroxylation sites is 1. The lowest BCUT2D eigenvalue weighted by Gasteiger charge is -2.09. The number of hydrogen-bond donors (Lipinski definition) is 0. The maximum Gasteiger partial charge on any atom is 0.144 e. The van der Waals surface area contributed by atoms with Gasteiger partial charge in [-0.15, -0.1) is 0 Å². The summed E-state index contributed by atoms with van der Waals surface area (Å²) < 4.78 is 0. The Hall–Kier alpha value is -1.19. The van der Waals surface area contributed by atoms with E-state index >= 15 is 0 Å². The zero-order valence-electron chi connectivity index (χ0n) is 10.7. The highest BCUT2D eigenvalue weighted by Gasteiger charge is 2.05. The molecule has 0 fully saturated rings. The highest BCUT2D eigenvalue weighted by atomic mass is 35.5. The van der Waals surface area contributed by atoms with Crippen LogP contribution in [0.5, 0.6) is 0 Å². The van der Waals surface area contributed by atoms with E-state index in [1.807, 2.05) is 57.1 Å². The predicted octanol–water partition coefficient (Wildman–Crippen LogP) is 3.37. The van der Waals surface area contributed by atoms with E-state index in [4.69, 9.17) is 11.6 Å². The molecule has 3 nitrogen and oxygen atoms in total. The van der Waals surface area contributed by atoms with Crippen molar-refractivity contribution >= 4 is 22.5 Å². The fourth-order valence-electron chi connectivity index (χ4n) is 1.44. The van der Waals surface area contributed by atoms with Crippen LogP contribution in [-0.2, 0) is 6.54 Å². The quantitative estimate of drug-likeness (QED) is 0.767. The first kappa shape index (κ1) is 13.9. The van der Waals surface area contributed by atoms with Crippen LogP contribution in [0.25, 0.3) is 10.9 Å². The molecule has 0 unspecified atom stereocenters. The lowest BCUT2D eigenvalue weighted by atomic mass is 10.2. The van der Waals surface area contributed by atoms with Crippen LogP contribution in [0.2, 0.25) is 5.15 Å². The molecule has 0 aliphatic carbocycles. The summed E-state index contributed by atoms with van der Waals surface area (Å²) in [6, 6.07) is 7.76. The average molecular weight is 252 g/mol. The van der Waals surface area contributed by atoms with Crippen LogP contribution < -0.4 is 0 Å². The van der Waals surface area contributed by atoms with Crippen LogP contribution in [0.3, 0.4) is 0 Å². The van der Waals surface area contributed by atoms with Crippen molar-refractivity contribution in [3.8, 4) is 0 Å². The van der Waals surface area contributed by atoms with E-state index in [2.05, 4.69) is 9.97 Å². The predicted molar refractivity (Wildman–Crippen MR) is 73.3 cm³/mol. The van der Waals surface area contributed by atoms with Crippen molar-refractivity contribution in [3.63, 3.8) is 0 Å². The summed E-state index contributed by atoms with van der Waals surface area (Å²) in [6.07, 6.45) is 0. The molecule has 1 aromatic heterocycles. The minimum absolute atomic E-state index is 0.525. The van der Waals surface area contributed by atoms with Gasteiger partial charge in [0.25, 0.3) is 0 Å². The van der Waals surface area contributed by atoms with Crippen LogP contribution in [0.1, 0.15) is 19.7 Å². The SMILES string of the molecule is CC.CN(C)Cc1nc(Cl)c2ccccc2n1. The zero-order valence-corrected chi connectivity index (χ0v) is 11.5. The highest BCUT2D eigenvalue weighted by molar-refractivity contribution is 6.34. The van der Waals surface area contributed by atoms with Crippen LogP contribution in [0, 0.1) is 0 Å². The Balaban J connectivity index is 0.000000686. The second-order valence-electron chi connectivity index (χ2n) is 3.69. The summed E-state index contributed by atoms with van der Waals surface area (Å²) in [5.41, 5.74) is 0.898.